The topological polar surface area (TPSA) is 41.6 Å². The molecule has 2 fully saturated rings. The maximum atomic E-state index is 13.1. The lowest BCUT2D eigenvalue weighted by Gasteiger charge is -2.40. The lowest BCUT2D eigenvalue weighted by Crippen LogP contribution is -2.50. The van der Waals surface area contributed by atoms with Gasteiger partial charge in [-0.25, -0.2) is 4.39 Å². The first-order valence-corrected chi connectivity index (χ1v) is 8.46. The van der Waals surface area contributed by atoms with Crippen LogP contribution in [-0.4, -0.2) is 42.6 Å². The van der Waals surface area contributed by atoms with E-state index in [0.717, 1.165) is 24.9 Å². The van der Waals surface area contributed by atoms with Crippen molar-refractivity contribution in [1.82, 2.24) is 10.2 Å². The molecule has 3 rings (SSSR count). The molecule has 0 aromatic heterocycles. The second-order valence-electron chi connectivity index (χ2n) is 6.81. The Bertz CT molecular complexity index is 554. The number of carbonyl (C=O) groups is 1. The van der Waals surface area contributed by atoms with E-state index < -0.39 is 0 Å². The largest absolute Gasteiger partial charge is 0.367 e. The normalized spacial score (nSPS) is 30.5. The summed E-state index contributed by atoms with van der Waals surface area (Å²) in [5.41, 5.74) is 0.925. The highest BCUT2D eigenvalue weighted by Crippen LogP contribution is 2.28. The molecule has 6 heteroatoms. The number of carbonyl (C=O) groups excluding carboxylic acids is 1. The summed E-state index contributed by atoms with van der Waals surface area (Å²) in [4.78, 5) is 14.8. The molecule has 2 aliphatic heterocycles. The van der Waals surface area contributed by atoms with Crippen LogP contribution in [0.25, 0.3) is 0 Å². The van der Waals surface area contributed by atoms with Crippen molar-refractivity contribution in [2.24, 2.45) is 5.92 Å². The van der Waals surface area contributed by atoms with E-state index in [0.29, 0.717) is 19.1 Å². The predicted molar refractivity (Wildman–Crippen MR) is 93.7 cm³/mol. The quantitative estimate of drug-likeness (QED) is 0.885. The maximum Gasteiger partial charge on any atom is 0.225 e. The van der Waals surface area contributed by atoms with E-state index in [-0.39, 0.29) is 42.3 Å². The van der Waals surface area contributed by atoms with E-state index in [1.165, 1.54) is 12.1 Å². The number of hydrogen-bond donors (Lipinski definition) is 1. The molecule has 0 bridgehead atoms. The maximum absolute atomic E-state index is 13.1. The molecule has 0 radical (unpaired) electrons. The van der Waals surface area contributed by atoms with E-state index in [2.05, 4.69) is 12.2 Å². The molecule has 4 nitrogen and oxygen atoms in total. The summed E-state index contributed by atoms with van der Waals surface area (Å²) in [7, 11) is 0. The minimum absolute atomic E-state index is 0. The number of nitrogens with zero attached hydrogens (tertiary/aromatic N) is 1. The molecule has 1 aromatic rings. The van der Waals surface area contributed by atoms with Crippen molar-refractivity contribution in [3.05, 3.63) is 35.6 Å². The zero-order valence-corrected chi connectivity index (χ0v) is 15.0. The molecule has 1 N–H and O–H groups in total. The van der Waals surface area contributed by atoms with Crippen molar-refractivity contribution in [3.63, 3.8) is 0 Å². The van der Waals surface area contributed by atoms with E-state index in [4.69, 9.17) is 4.74 Å². The molecule has 1 amide bonds. The third kappa shape index (κ3) is 4.47. The van der Waals surface area contributed by atoms with Gasteiger partial charge >= 0.3 is 0 Å². The predicted octanol–water partition coefficient (Wildman–Crippen LogP) is 2.92. The van der Waals surface area contributed by atoms with E-state index in [9.17, 15) is 9.18 Å². The Morgan fingerprint density at radius 3 is 2.62 bits per heavy atom. The summed E-state index contributed by atoms with van der Waals surface area (Å²) in [6.45, 7) is 6.20. The monoisotopic (exact) mass is 356 g/mol. The Balaban J connectivity index is 0.00000208. The highest BCUT2D eigenvalue weighted by molar-refractivity contribution is 5.85. The van der Waals surface area contributed by atoms with E-state index >= 15 is 0 Å². The van der Waals surface area contributed by atoms with E-state index in [1.807, 2.05) is 11.8 Å². The minimum atomic E-state index is -0.255. The van der Waals surface area contributed by atoms with Crippen LogP contribution >= 0.6 is 12.4 Å². The molecule has 134 valence electrons. The van der Waals surface area contributed by atoms with Crippen LogP contribution in [0.4, 0.5) is 4.39 Å². The molecule has 4 atom stereocenters. The van der Waals surface area contributed by atoms with Crippen LogP contribution in [0.1, 0.15) is 38.4 Å². The number of amides is 1. The summed E-state index contributed by atoms with van der Waals surface area (Å²) in [5.74, 6) is 0.0836. The van der Waals surface area contributed by atoms with Crippen LogP contribution in [0.2, 0.25) is 0 Å². The third-order valence-electron chi connectivity index (χ3n) is 4.79. The van der Waals surface area contributed by atoms with Crippen molar-refractivity contribution in [3.8, 4) is 0 Å². The van der Waals surface area contributed by atoms with E-state index in [1.54, 1.807) is 12.1 Å². The average molecular weight is 357 g/mol. The average Bonchev–Trinajstić information content (AvgIpc) is 2.54. The molecule has 0 saturated carbocycles. The van der Waals surface area contributed by atoms with Gasteiger partial charge in [0.25, 0.3) is 0 Å². The van der Waals surface area contributed by atoms with Gasteiger partial charge in [0.2, 0.25) is 5.91 Å². The van der Waals surface area contributed by atoms with Crippen LogP contribution in [0, 0.1) is 11.7 Å². The number of halogens is 2. The Morgan fingerprint density at radius 2 is 1.96 bits per heavy atom. The lowest BCUT2D eigenvalue weighted by atomic mass is 9.91. The SMILES string of the molecule is CC1CN(C(=O)[C@H]2CCN[C@@H](C)C2)CC(c2ccc(F)cc2)O1.Cl. The van der Waals surface area contributed by atoms with Crippen molar-refractivity contribution < 1.29 is 13.9 Å². The molecule has 0 aliphatic carbocycles. The van der Waals surface area contributed by atoms with Gasteiger partial charge in [0.15, 0.2) is 0 Å². The fourth-order valence-electron chi connectivity index (χ4n) is 3.61. The van der Waals surface area contributed by atoms with Crippen LogP contribution < -0.4 is 5.32 Å². The Kier molecular flexibility index (Phi) is 6.61. The van der Waals surface area contributed by atoms with Gasteiger partial charge in [-0.1, -0.05) is 12.1 Å². The number of benzene rings is 1. The van der Waals surface area contributed by atoms with Gasteiger partial charge in [-0.3, -0.25) is 4.79 Å². The van der Waals surface area contributed by atoms with Crippen molar-refractivity contribution in [2.75, 3.05) is 19.6 Å². The molecule has 2 saturated heterocycles. The number of hydrogen-bond acceptors (Lipinski definition) is 3. The minimum Gasteiger partial charge on any atom is -0.367 e. The van der Waals surface area contributed by atoms with Gasteiger partial charge in [0.1, 0.15) is 11.9 Å². The zero-order chi connectivity index (χ0) is 16.4. The van der Waals surface area contributed by atoms with Gasteiger partial charge in [-0.05, 0) is 50.9 Å². The number of ether oxygens (including phenoxy) is 1. The van der Waals surface area contributed by atoms with Crippen LogP contribution in [0.3, 0.4) is 0 Å². The number of nitrogens with one attached hydrogen (secondary N) is 1. The molecule has 0 spiro atoms. The van der Waals surface area contributed by atoms with Crippen molar-refractivity contribution >= 4 is 18.3 Å². The Labute approximate surface area is 149 Å². The standard InChI is InChI=1S/C18H25FN2O2.ClH/c1-12-9-15(7-8-20-12)18(22)21-10-13(2)23-17(11-21)14-3-5-16(19)6-4-14;/h3-6,12-13,15,17,20H,7-11H2,1-2H3;1H/t12-,13?,15-,17?;/m0./s1. The van der Waals surface area contributed by atoms with Crippen molar-refractivity contribution in [1.29, 1.82) is 0 Å². The summed E-state index contributed by atoms with van der Waals surface area (Å²) < 4.78 is 19.1. The van der Waals surface area contributed by atoms with Gasteiger partial charge in [0, 0.05) is 18.5 Å². The van der Waals surface area contributed by atoms with Crippen LogP contribution in [0.15, 0.2) is 24.3 Å². The first-order chi connectivity index (χ1) is 11.0. The molecule has 24 heavy (non-hydrogen) atoms. The lowest BCUT2D eigenvalue weighted by molar-refractivity contribution is -0.150. The molecule has 2 heterocycles. The van der Waals surface area contributed by atoms with Crippen LogP contribution in [0.5, 0.6) is 0 Å². The van der Waals surface area contributed by atoms with Crippen molar-refractivity contribution in [2.45, 2.75) is 44.9 Å². The fraction of sp³-hybridized carbons (Fsp3) is 0.611. The Morgan fingerprint density at radius 1 is 1.25 bits per heavy atom. The highest BCUT2D eigenvalue weighted by atomic mass is 35.5. The zero-order valence-electron chi connectivity index (χ0n) is 14.2. The third-order valence-corrected chi connectivity index (χ3v) is 4.79. The second kappa shape index (κ2) is 8.28. The highest BCUT2D eigenvalue weighted by Gasteiger charge is 2.34. The van der Waals surface area contributed by atoms with Gasteiger partial charge in [-0.15, -0.1) is 12.4 Å². The molecule has 2 unspecified atom stereocenters. The summed E-state index contributed by atoms with van der Waals surface area (Å²) >= 11 is 0. The fourth-order valence-corrected chi connectivity index (χ4v) is 3.61. The molecular formula is C18H26ClFN2O2. The summed E-state index contributed by atoms with van der Waals surface area (Å²) in [6.07, 6.45) is 1.60. The number of rotatable bonds is 2. The number of morpholine rings is 1. The van der Waals surface area contributed by atoms with Gasteiger partial charge < -0.3 is 15.0 Å². The van der Waals surface area contributed by atoms with Crippen LogP contribution in [-0.2, 0) is 9.53 Å². The molecule has 2 aliphatic rings. The van der Waals surface area contributed by atoms with Gasteiger partial charge in [0.05, 0.1) is 12.6 Å². The second-order valence-corrected chi connectivity index (χ2v) is 6.81. The Hall–Kier alpha value is -1.17. The molecule has 1 aromatic carbocycles. The summed E-state index contributed by atoms with van der Waals surface area (Å²) in [6, 6.07) is 6.77. The number of piperidine rings is 1. The first-order valence-electron chi connectivity index (χ1n) is 8.46. The first kappa shape index (κ1) is 19.2. The summed E-state index contributed by atoms with van der Waals surface area (Å²) in [5, 5.41) is 3.39. The molecular weight excluding hydrogens is 331 g/mol. The smallest absolute Gasteiger partial charge is 0.225 e. The van der Waals surface area contributed by atoms with Gasteiger partial charge in [-0.2, -0.15) is 0 Å².